The second-order valence-corrected chi connectivity index (χ2v) is 6.86. The summed E-state index contributed by atoms with van der Waals surface area (Å²) in [5, 5.41) is 0. The highest BCUT2D eigenvalue weighted by molar-refractivity contribution is 7.85. The predicted molar refractivity (Wildman–Crippen MR) is 84.0 cm³/mol. The summed E-state index contributed by atoms with van der Waals surface area (Å²) < 4.78 is 42.1. The van der Waals surface area contributed by atoms with Crippen molar-refractivity contribution in [3.8, 4) is 0 Å². The maximum absolute atomic E-state index is 10.8. The Morgan fingerprint density at radius 1 is 0.905 bits per heavy atom. The van der Waals surface area contributed by atoms with Gasteiger partial charge in [0.05, 0.1) is 45.2 Å². The average molecular weight is 326 g/mol. The van der Waals surface area contributed by atoms with Gasteiger partial charge in [-0.05, 0) is 20.3 Å². The molecule has 128 valence electrons. The lowest BCUT2D eigenvalue weighted by molar-refractivity contribution is -0.925. The molecule has 0 heterocycles. The van der Waals surface area contributed by atoms with Crippen molar-refractivity contribution in [2.24, 2.45) is 0 Å². The molecule has 0 radical (unpaired) electrons. The minimum absolute atomic E-state index is 0.168. The van der Waals surface area contributed by atoms with Gasteiger partial charge in [-0.15, -0.1) is 0 Å². The Morgan fingerprint density at radius 2 is 1.48 bits per heavy atom. The van der Waals surface area contributed by atoms with Crippen LogP contribution in [-0.2, 0) is 19.6 Å². The van der Waals surface area contributed by atoms with Gasteiger partial charge in [0, 0.05) is 13.0 Å². The first-order valence-electron chi connectivity index (χ1n) is 7.85. The molecule has 0 unspecified atom stereocenters. The van der Waals surface area contributed by atoms with Crippen LogP contribution in [-0.4, -0.2) is 75.8 Å². The monoisotopic (exact) mass is 326 g/mol. The molecular formula is C14H32NO5S+. The Balaban J connectivity index is 3.98. The van der Waals surface area contributed by atoms with E-state index in [0.717, 1.165) is 43.7 Å². The molecule has 7 heteroatoms. The van der Waals surface area contributed by atoms with Gasteiger partial charge in [0.15, 0.2) is 0 Å². The largest absolute Gasteiger partial charge is 0.379 e. The number of quaternary nitrogens is 1. The molecule has 21 heavy (non-hydrogen) atoms. The molecule has 0 aliphatic rings. The van der Waals surface area contributed by atoms with Crippen LogP contribution in [0.4, 0.5) is 0 Å². The van der Waals surface area contributed by atoms with Crippen LogP contribution in [0.15, 0.2) is 0 Å². The molecule has 0 fully saturated rings. The number of rotatable bonds is 14. The number of hydrogen-bond donors (Lipinski definition) is 1. The number of ether oxygens (including phenoxy) is 2. The van der Waals surface area contributed by atoms with E-state index in [1.807, 2.05) is 0 Å². The topological polar surface area (TPSA) is 72.8 Å². The van der Waals surface area contributed by atoms with Crippen molar-refractivity contribution in [3.63, 3.8) is 0 Å². The van der Waals surface area contributed by atoms with Gasteiger partial charge in [-0.25, -0.2) is 0 Å². The minimum atomic E-state index is -3.86. The van der Waals surface area contributed by atoms with E-state index in [9.17, 15) is 8.42 Å². The molecule has 0 aromatic carbocycles. The van der Waals surface area contributed by atoms with E-state index in [-0.39, 0.29) is 5.75 Å². The molecule has 0 saturated heterocycles. The van der Waals surface area contributed by atoms with Crippen LogP contribution in [0.25, 0.3) is 0 Å². The molecule has 0 aromatic rings. The molecule has 0 aromatic heterocycles. The van der Waals surface area contributed by atoms with Gasteiger partial charge in [0.2, 0.25) is 0 Å². The zero-order valence-corrected chi connectivity index (χ0v) is 14.5. The van der Waals surface area contributed by atoms with Gasteiger partial charge < -0.3 is 14.0 Å². The normalized spacial score (nSPS) is 12.8. The molecule has 0 saturated carbocycles. The van der Waals surface area contributed by atoms with Gasteiger partial charge in [0.25, 0.3) is 10.1 Å². The quantitative estimate of drug-likeness (QED) is 0.298. The van der Waals surface area contributed by atoms with Crippen molar-refractivity contribution in [1.82, 2.24) is 0 Å². The first-order chi connectivity index (χ1) is 9.89. The smallest absolute Gasteiger partial charge is 0.265 e. The third kappa shape index (κ3) is 11.1. The molecule has 0 rings (SSSR count). The summed E-state index contributed by atoms with van der Waals surface area (Å²) in [6.07, 6.45) is 1.49. The molecular weight excluding hydrogens is 294 g/mol. The summed E-state index contributed by atoms with van der Waals surface area (Å²) in [4.78, 5) is 0. The molecule has 6 nitrogen and oxygen atoms in total. The predicted octanol–water partition coefficient (Wildman–Crippen LogP) is 1.56. The fourth-order valence-corrected chi connectivity index (χ4v) is 2.77. The Labute approximate surface area is 129 Å². The Hall–Kier alpha value is -0.210. The summed E-state index contributed by atoms with van der Waals surface area (Å²) in [5.74, 6) is -0.168. The van der Waals surface area contributed by atoms with Crippen molar-refractivity contribution < 1.29 is 26.9 Å². The number of nitrogens with zero attached hydrogens (tertiary/aromatic N) is 1. The summed E-state index contributed by atoms with van der Waals surface area (Å²) in [6.45, 7) is 12.3. The molecule has 1 N–H and O–H groups in total. The van der Waals surface area contributed by atoms with Crippen LogP contribution < -0.4 is 0 Å². The second-order valence-electron chi connectivity index (χ2n) is 5.29. The van der Waals surface area contributed by atoms with Crippen LogP contribution in [0.5, 0.6) is 0 Å². The molecule has 0 amide bonds. The van der Waals surface area contributed by atoms with Crippen LogP contribution >= 0.6 is 0 Å². The van der Waals surface area contributed by atoms with E-state index < -0.39 is 10.1 Å². The zero-order valence-electron chi connectivity index (χ0n) is 13.7. The van der Waals surface area contributed by atoms with E-state index in [2.05, 4.69) is 20.8 Å². The lowest BCUT2D eigenvalue weighted by Crippen LogP contribution is -2.50. The highest BCUT2D eigenvalue weighted by atomic mass is 32.2. The highest BCUT2D eigenvalue weighted by Gasteiger charge is 2.23. The first kappa shape index (κ1) is 20.8. The summed E-state index contributed by atoms with van der Waals surface area (Å²) >= 11 is 0. The highest BCUT2D eigenvalue weighted by Crippen LogP contribution is 2.08. The van der Waals surface area contributed by atoms with E-state index in [0.29, 0.717) is 26.2 Å². The number of likely N-dealkylation sites (N-methyl/N-ethyl adjacent to an activating group) is 1. The maximum atomic E-state index is 10.8. The number of hydrogen-bond acceptors (Lipinski definition) is 4. The Morgan fingerprint density at radius 3 is 1.95 bits per heavy atom. The lowest BCUT2D eigenvalue weighted by atomic mass is 10.3. The van der Waals surface area contributed by atoms with Gasteiger partial charge in [-0.3, -0.25) is 4.55 Å². The standard InChI is InChI=1S/C14H31NO5S/c1-4-10-19-12-13-20-11-9-15(5-2,6-3)8-7-14-21(16,17)18/h4-14H2,1-3H3/p+1. The molecule has 0 aliphatic heterocycles. The summed E-state index contributed by atoms with van der Waals surface area (Å²) in [7, 11) is -3.86. The molecule has 0 spiro atoms. The van der Waals surface area contributed by atoms with Gasteiger partial charge in [0.1, 0.15) is 6.54 Å². The third-order valence-electron chi connectivity index (χ3n) is 3.81. The van der Waals surface area contributed by atoms with Crippen molar-refractivity contribution in [1.29, 1.82) is 0 Å². The van der Waals surface area contributed by atoms with E-state index in [1.165, 1.54) is 0 Å². The van der Waals surface area contributed by atoms with Crippen molar-refractivity contribution in [2.75, 3.05) is 58.4 Å². The Bertz CT molecular complexity index is 341. The molecule has 0 bridgehead atoms. The summed E-state index contributed by atoms with van der Waals surface area (Å²) in [5.41, 5.74) is 0. The van der Waals surface area contributed by atoms with E-state index in [1.54, 1.807) is 0 Å². The minimum Gasteiger partial charge on any atom is -0.379 e. The molecule has 0 atom stereocenters. The maximum Gasteiger partial charge on any atom is 0.265 e. The first-order valence-corrected chi connectivity index (χ1v) is 9.45. The van der Waals surface area contributed by atoms with Crippen molar-refractivity contribution in [2.45, 2.75) is 33.6 Å². The SMILES string of the molecule is CCCOCCOCC[N+](CC)(CC)CCCS(=O)(=O)O. The fourth-order valence-electron chi connectivity index (χ4n) is 2.27. The van der Waals surface area contributed by atoms with Crippen molar-refractivity contribution in [3.05, 3.63) is 0 Å². The zero-order chi connectivity index (χ0) is 16.2. The molecule has 0 aliphatic carbocycles. The van der Waals surface area contributed by atoms with Crippen LogP contribution in [0.3, 0.4) is 0 Å². The van der Waals surface area contributed by atoms with E-state index >= 15 is 0 Å². The van der Waals surface area contributed by atoms with Gasteiger partial charge >= 0.3 is 0 Å². The fraction of sp³-hybridized carbons (Fsp3) is 1.00. The second kappa shape index (κ2) is 11.4. The summed E-state index contributed by atoms with van der Waals surface area (Å²) in [6, 6.07) is 0. The van der Waals surface area contributed by atoms with Crippen LogP contribution in [0.1, 0.15) is 33.6 Å². The van der Waals surface area contributed by atoms with Gasteiger partial charge in [-0.1, -0.05) is 6.92 Å². The average Bonchev–Trinajstić information content (AvgIpc) is 2.43. The van der Waals surface area contributed by atoms with Crippen LogP contribution in [0, 0.1) is 0 Å². The van der Waals surface area contributed by atoms with Crippen molar-refractivity contribution >= 4 is 10.1 Å². The Kier molecular flexibility index (Phi) is 11.3. The van der Waals surface area contributed by atoms with Crippen LogP contribution in [0.2, 0.25) is 0 Å². The van der Waals surface area contributed by atoms with E-state index in [4.69, 9.17) is 14.0 Å². The van der Waals surface area contributed by atoms with Gasteiger partial charge in [-0.2, -0.15) is 8.42 Å². The third-order valence-corrected chi connectivity index (χ3v) is 4.61. The lowest BCUT2D eigenvalue weighted by Gasteiger charge is -2.36.